The molecule has 0 fully saturated rings. The number of amides is 2. The third kappa shape index (κ3) is 5.43. The minimum Gasteiger partial charge on any atom is -0.445 e. The second-order valence-corrected chi connectivity index (χ2v) is 5.08. The molecule has 1 atom stereocenters. The summed E-state index contributed by atoms with van der Waals surface area (Å²) in [5, 5.41) is 5.13. The Balaban J connectivity index is 1.79. The van der Waals surface area contributed by atoms with Gasteiger partial charge >= 0.3 is 6.09 Å². The first-order chi connectivity index (χ1) is 11.0. The van der Waals surface area contributed by atoms with E-state index in [2.05, 4.69) is 15.6 Å². The van der Waals surface area contributed by atoms with Gasteiger partial charge in [0.15, 0.2) is 0 Å². The van der Waals surface area contributed by atoms with E-state index in [4.69, 9.17) is 4.74 Å². The number of ether oxygens (including phenoxy) is 1. The maximum absolute atomic E-state index is 12.0. The number of rotatable bonds is 5. The van der Waals surface area contributed by atoms with Crippen LogP contribution < -0.4 is 10.6 Å². The first kappa shape index (κ1) is 16.5. The molecule has 1 aromatic heterocycles. The van der Waals surface area contributed by atoms with Crippen molar-refractivity contribution < 1.29 is 14.3 Å². The molecule has 0 unspecified atom stereocenters. The molecule has 2 rings (SSSR count). The highest BCUT2D eigenvalue weighted by Crippen LogP contribution is 2.05. The number of nitrogens with one attached hydrogen (secondary N) is 2. The van der Waals surface area contributed by atoms with E-state index in [-0.39, 0.29) is 12.5 Å². The Kier molecular flexibility index (Phi) is 5.68. The molecule has 2 N–H and O–H groups in total. The van der Waals surface area contributed by atoms with Crippen LogP contribution in [0, 0.1) is 6.92 Å². The van der Waals surface area contributed by atoms with Gasteiger partial charge in [0.25, 0.3) is 0 Å². The van der Waals surface area contributed by atoms with E-state index in [9.17, 15) is 9.59 Å². The Morgan fingerprint density at radius 1 is 1.13 bits per heavy atom. The topological polar surface area (TPSA) is 80.3 Å². The molecule has 0 aliphatic rings. The third-order valence-corrected chi connectivity index (χ3v) is 3.08. The van der Waals surface area contributed by atoms with Crippen LogP contribution in [-0.2, 0) is 16.1 Å². The van der Waals surface area contributed by atoms with Gasteiger partial charge < -0.3 is 15.4 Å². The van der Waals surface area contributed by atoms with Crippen LogP contribution in [0.2, 0.25) is 0 Å². The number of hydrogen-bond donors (Lipinski definition) is 2. The number of aryl methyl sites for hydroxylation is 1. The molecule has 0 spiro atoms. The predicted octanol–water partition coefficient (Wildman–Crippen LogP) is 2.64. The third-order valence-electron chi connectivity index (χ3n) is 3.08. The normalized spacial score (nSPS) is 11.4. The highest BCUT2D eigenvalue weighted by molar-refractivity contribution is 5.95. The lowest BCUT2D eigenvalue weighted by Gasteiger charge is -2.14. The average Bonchev–Trinajstić information content (AvgIpc) is 2.54. The predicted molar refractivity (Wildman–Crippen MR) is 86.8 cm³/mol. The first-order valence-corrected chi connectivity index (χ1v) is 7.26. The molecule has 2 amide bonds. The van der Waals surface area contributed by atoms with Gasteiger partial charge in [-0.25, -0.2) is 9.78 Å². The molecule has 6 heteroatoms. The van der Waals surface area contributed by atoms with Crippen molar-refractivity contribution in [3.8, 4) is 0 Å². The number of hydrogen-bond acceptors (Lipinski definition) is 4. The van der Waals surface area contributed by atoms with Crippen LogP contribution in [0.25, 0.3) is 0 Å². The summed E-state index contributed by atoms with van der Waals surface area (Å²) in [5.74, 6) is 0.0843. The monoisotopic (exact) mass is 313 g/mol. The van der Waals surface area contributed by atoms with Crippen LogP contribution in [0.5, 0.6) is 0 Å². The highest BCUT2D eigenvalue weighted by Gasteiger charge is 2.16. The van der Waals surface area contributed by atoms with E-state index in [1.165, 1.54) is 0 Å². The standard InChI is InChI=1S/C17H19N3O3/c1-12-7-6-10-15(18-12)20-16(21)13(2)19-17(22)23-11-14-8-4-3-5-9-14/h3-10,13H,11H2,1-2H3,(H,19,22)(H,18,20,21)/t13-/m1/s1. The van der Waals surface area contributed by atoms with Crippen molar-refractivity contribution in [1.82, 2.24) is 10.3 Å². The Morgan fingerprint density at radius 3 is 2.57 bits per heavy atom. The molecule has 0 saturated carbocycles. The van der Waals surface area contributed by atoms with Gasteiger partial charge in [-0.2, -0.15) is 0 Å². The quantitative estimate of drug-likeness (QED) is 0.889. The number of carbonyl (C=O) groups excluding carboxylic acids is 2. The van der Waals surface area contributed by atoms with E-state index >= 15 is 0 Å². The summed E-state index contributed by atoms with van der Waals surface area (Å²) in [6.07, 6.45) is -0.645. The summed E-state index contributed by atoms with van der Waals surface area (Å²) in [7, 11) is 0. The van der Waals surface area contributed by atoms with Crippen LogP contribution in [0.3, 0.4) is 0 Å². The second-order valence-electron chi connectivity index (χ2n) is 5.08. The summed E-state index contributed by atoms with van der Waals surface area (Å²) in [6, 6.07) is 13.9. The molecular weight excluding hydrogens is 294 g/mol. The lowest BCUT2D eigenvalue weighted by atomic mass is 10.2. The molecule has 0 saturated heterocycles. The number of carbonyl (C=O) groups is 2. The van der Waals surface area contributed by atoms with Crippen LogP contribution >= 0.6 is 0 Å². The fourth-order valence-electron chi connectivity index (χ4n) is 1.85. The number of aromatic nitrogens is 1. The van der Waals surface area contributed by atoms with Crippen LogP contribution in [0.1, 0.15) is 18.2 Å². The average molecular weight is 313 g/mol. The van der Waals surface area contributed by atoms with Gasteiger partial charge in [-0.05, 0) is 31.5 Å². The minimum atomic E-state index is -0.736. The van der Waals surface area contributed by atoms with E-state index in [0.29, 0.717) is 5.82 Å². The SMILES string of the molecule is Cc1cccc(NC(=O)[C@@H](C)NC(=O)OCc2ccccc2)n1. The van der Waals surface area contributed by atoms with E-state index < -0.39 is 12.1 Å². The Morgan fingerprint density at radius 2 is 1.87 bits per heavy atom. The zero-order valence-electron chi connectivity index (χ0n) is 13.1. The van der Waals surface area contributed by atoms with E-state index in [1.54, 1.807) is 19.1 Å². The van der Waals surface area contributed by atoms with Gasteiger partial charge in [0, 0.05) is 5.69 Å². The maximum atomic E-state index is 12.0. The summed E-state index contributed by atoms with van der Waals surface area (Å²) < 4.78 is 5.07. The minimum absolute atomic E-state index is 0.153. The summed E-state index contributed by atoms with van der Waals surface area (Å²) in [6.45, 7) is 3.56. The van der Waals surface area contributed by atoms with Crippen LogP contribution in [-0.4, -0.2) is 23.0 Å². The maximum Gasteiger partial charge on any atom is 0.408 e. The Bertz CT molecular complexity index is 674. The summed E-state index contributed by atoms with van der Waals surface area (Å²) >= 11 is 0. The van der Waals surface area contributed by atoms with Crippen molar-refractivity contribution in [2.75, 3.05) is 5.32 Å². The molecule has 1 aromatic carbocycles. The molecule has 2 aromatic rings. The molecule has 23 heavy (non-hydrogen) atoms. The molecule has 0 aliphatic heterocycles. The van der Waals surface area contributed by atoms with Gasteiger partial charge in [0.05, 0.1) is 0 Å². The largest absolute Gasteiger partial charge is 0.445 e. The number of pyridine rings is 1. The summed E-state index contributed by atoms with van der Waals surface area (Å²) in [4.78, 5) is 27.9. The van der Waals surface area contributed by atoms with Crippen LogP contribution in [0.4, 0.5) is 10.6 Å². The van der Waals surface area contributed by atoms with E-state index in [0.717, 1.165) is 11.3 Å². The van der Waals surface area contributed by atoms with Crippen molar-refractivity contribution >= 4 is 17.8 Å². The number of benzene rings is 1. The fourth-order valence-corrected chi connectivity index (χ4v) is 1.85. The molecule has 120 valence electrons. The first-order valence-electron chi connectivity index (χ1n) is 7.26. The van der Waals surface area contributed by atoms with E-state index in [1.807, 2.05) is 43.3 Å². The number of alkyl carbamates (subject to hydrolysis) is 1. The van der Waals surface area contributed by atoms with Gasteiger partial charge in [-0.15, -0.1) is 0 Å². The Labute approximate surface area is 134 Å². The van der Waals surface area contributed by atoms with Crippen LogP contribution in [0.15, 0.2) is 48.5 Å². The zero-order chi connectivity index (χ0) is 16.7. The van der Waals surface area contributed by atoms with Gasteiger partial charge in [-0.3, -0.25) is 4.79 Å². The number of anilines is 1. The van der Waals surface area contributed by atoms with Crippen molar-refractivity contribution in [2.24, 2.45) is 0 Å². The molecule has 6 nitrogen and oxygen atoms in total. The highest BCUT2D eigenvalue weighted by atomic mass is 16.5. The van der Waals surface area contributed by atoms with Crippen molar-refractivity contribution in [2.45, 2.75) is 26.5 Å². The smallest absolute Gasteiger partial charge is 0.408 e. The summed E-state index contributed by atoms with van der Waals surface area (Å²) in [5.41, 5.74) is 1.68. The van der Waals surface area contributed by atoms with Gasteiger partial charge in [0.1, 0.15) is 18.5 Å². The van der Waals surface area contributed by atoms with Gasteiger partial charge in [0.2, 0.25) is 5.91 Å². The number of nitrogens with zero attached hydrogens (tertiary/aromatic N) is 1. The van der Waals surface area contributed by atoms with Crippen molar-refractivity contribution in [1.29, 1.82) is 0 Å². The molecule has 1 heterocycles. The second kappa shape index (κ2) is 7.93. The fraction of sp³-hybridized carbons (Fsp3) is 0.235. The van der Waals surface area contributed by atoms with Gasteiger partial charge in [-0.1, -0.05) is 36.4 Å². The molecular formula is C17H19N3O3. The molecule has 0 aliphatic carbocycles. The lowest BCUT2D eigenvalue weighted by Crippen LogP contribution is -2.41. The van der Waals surface area contributed by atoms with Crippen molar-refractivity contribution in [3.05, 3.63) is 59.8 Å². The lowest BCUT2D eigenvalue weighted by molar-refractivity contribution is -0.117. The zero-order valence-corrected chi connectivity index (χ0v) is 13.1. The molecule has 0 radical (unpaired) electrons. The van der Waals surface area contributed by atoms with Crippen molar-refractivity contribution in [3.63, 3.8) is 0 Å². The molecule has 0 bridgehead atoms. The Hall–Kier alpha value is -2.89.